The maximum absolute atomic E-state index is 14.3. The zero-order valence-corrected chi connectivity index (χ0v) is 23.3. The highest BCUT2D eigenvalue weighted by Gasteiger charge is 2.47. The lowest BCUT2D eigenvalue weighted by atomic mass is 9.68. The lowest BCUT2D eigenvalue weighted by molar-refractivity contribution is -0.139. The van der Waals surface area contributed by atoms with E-state index in [2.05, 4.69) is 16.0 Å². The van der Waals surface area contributed by atoms with Crippen molar-refractivity contribution in [3.05, 3.63) is 100 Å². The van der Waals surface area contributed by atoms with Gasteiger partial charge in [-0.05, 0) is 29.3 Å². The molecule has 39 heavy (non-hydrogen) atoms. The molecule has 2 atom stereocenters. The molecular weight excluding hydrogens is 531 g/mol. The van der Waals surface area contributed by atoms with Gasteiger partial charge in [-0.1, -0.05) is 83.9 Å². The van der Waals surface area contributed by atoms with E-state index in [9.17, 15) is 10.1 Å². The summed E-state index contributed by atoms with van der Waals surface area (Å²) in [6.07, 6.45) is 3.13. The molecule has 198 valence electrons. The van der Waals surface area contributed by atoms with Crippen LogP contribution in [0.25, 0.3) is 10.8 Å². The number of hydrogen-bond donors (Lipinski definition) is 0. The number of benzene rings is 3. The lowest BCUT2D eigenvalue weighted by Crippen LogP contribution is -2.54. The monoisotopic (exact) mass is 558 g/mol. The maximum atomic E-state index is 14.3. The van der Waals surface area contributed by atoms with Gasteiger partial charge in [-0.25, -0.2) is 0 Å². The van der Waals surface area contributed by atoms with Crippen LogP contribution >= 0.6 is 23.2 Å². The molecule has 1 aliphatic heterocycles. The SMILES string of the molecule is COc1ccccc1C(c1cccc2ccccc12)C(C)(C#N)C(=O)N1CCN(c2c(Cl)cncc2Cl)CC1. The Morgan fingerprint density at radius 2 is 1.56 bits per heavy atom. The Hall–Kier alpha value is -3.79. The Bertz CT molecular complexity index is 1540. The number of pyridine rings is 1. The van der Waals surface area contributed by atoms with E-state index in [-0.39, 0.29) is 5.91 Å². The number of carbonyl (C=O) groups excluding carboxylic acids is 1. The van der Waals surface area contributed by atoms with E-state index in [4.69, 9.17) is 27.9 Å². The highest BCUT2D eigenvalue weighted by molar-refractivity contribution is 6.38. The van der Waals surface area contributed by atoms with Gasteiger partial charge in [0.15, 0.2) is 0 Å². The predicted octanol–water partition coefficient (Wildman–Crippen LogP) is 6.56. The van der Waals surface area contributed by atoms with E-state index in [0.29, 0.717) is 47.7 Å². The molecule has 0 spiro atoms. The number of halogens is 2. The molecule has 6 nitrogen and oxygen atoms in total. The molecule has 0 radical (unpaired) electrons. The van der Waals surface area contributed by atoms with Crippen molar-refractivity contribution in [1.29, 1.82) is 5.26 Å². The third-order valence-corrected chi connectivity index (χ3v) is 8.10. The highest BCUT2D eigenvalue weighted by Crippen LogP contribution is 2.47. The molecule has 2 unspecified atom stereocenters. The zero-order chi connectivity index (χ0) is 27.6. The quantitative estimate of drug-likeness (QED) is 0.268. The van der Waals surface area contributed by atoms with Crippen molar-refractivity contribution in [2.45, 2.75) is 12.8 Å². The minimum absolute atomic E-state index is 0.222. The largest absolute Gasteiger partial charge is 0.496 e. The van der Waals surface area contributed by atoms with E-state index in [0.717, 1.165) is 21.9 Å². The van der Waals surface area contributed by atoms with Crippen molar-refractivity contribution in [2.24, 2.45) is 5.41 Å². The molecule has 1 saturated heterocycles. The standard InChI is InChI=1S/C31H28Cl2N4O2/c1-31(20-34,30(38)37-16-14-36(15-17-37)29-25(32)18-35-19-26(29)33)28(24-11-5-6-13-27(24)39-2)23-12-7-9-21-8-3-4-10-22(21)23/h3-13,18-19,28H,14-17H2,1-2H3. The van der Waals surface area contributed by atoms with Crippen LogP contribution in [-0.4, -0.2) is 49.1 Å². The van der Waals surface area contributed by atoms with E-state index in [1.807, 2.05) is 66.7 Å². The summed E-state index contributed by atoms with van der Waals surface area (Å²) >= 11 is 12.8. The van der Waals surface area contributed by atoms with Crippen molar-refractivity contribution in [3.8, 4) is 11.8 Å². The second kappa shape index (κ2) is 11.1. The van der Waals surface area contributed by atoms with Crippen LogP contribution in [0.5, 0.6) is 5.75 Å². The normalized spacial score (nSPS) is 15.9. The first kappa shape index (κ1) is 26.8. The number of carbonyl (C=O) groups is 1. The molecule has 3 aromatic carbocycles. The van der Waals surface area contributed by atoms with E-state index >= 15 is 0 Å². The van der Waals surface area contributed by atoms with E-state index in [1.165, 1.54) is 0 Å². The van der Waals surface area contributed by atoms with Gasteiger partial charge in [-0.2, -0.15) is 5.26 Å². The maximum Gasteiger partial charge on any atom is 0.243 e. The van der Waals surface area contributed by atoms with Crippen molar-refractivity contribution >= 4 is 45.6 Å². The van der Waals surface area contributed by atoms with Gasteiger partial charge in [0.25, 0.3) is 0 Å². The first-order valence-electron chi connectivity index (χ1n) is 12.7. The second-order valence-corrected chi connectivity index (χ2v) is 10.6. The van der Waals surface area contributed by atoms with Gasteiger partial charge in [0.1, 0.15) is 11.2 Å². The summed E-state index contributed by atoms with van der Waals surface area (Å²) < 4.78 is 5.74. The van der Waals surface area contributed by atoms with Crippen LogP contribution in [0.2, 0.25) is 10.0 Å². The number of ether oxygens (including phenoxy) is 1. The molecule has 0 aliphatic carbocycles. The average Bonchev–Trinajstić information content (AvgIpc) is 2.97. The summed E-state index contributed by atoms with van der Waals surface area (Å²) in [5.41, 5.74) is 1.00. The number of rotatable bonds is 6. The summed E-state index contributed by atoms with van der Waals surface area (Å²) in [7, 11) is 1.61. The molecule has 4 aromatic rings. The number of fused-ring (bicyclic) bond motifs is 1. The number of piperazine rings is 1. The number of aromatic nitrogens is 1. The zero-order valence-electron chi connectivity index (χ0n) is 21.8. The summed E-state index contributed by atoms with van der Waals surface area (Å²) in [4.78, 5) is 22.2. The Labute approximate surface area is 238 Å². The van der Waals surface area contributed by atoms with Gasteiger partial charge < -0.3 is 14.5 Å². The lowest BCUT2D eigenvalue weighted by Gasteiger charge is -2.41. The number of nitriles is 1. The number of amides is 1. The molecule has 1 fully saturated rings. The van der Waals surface area contributed by atoms with Crippen molar-refractivity contribution in [1.82, 2.24) is 9.88 Å². The van der Waals surface area contributed by atoms with Crippen LogP contribution in [0.1, 0.15) is 24.0 Å². The summed E-state index contributed by atoms with van der Waals surface area (Å²) in [6.45, 7) is 3.67. The third-order valence-electron chi connectivity index (χ3n) is 7.55. The molecule has 8 heteroatoms. The number of methoxy groups -OCH3 is 1. The van der Waals surface area contributed by atoms with Crippen LogP contribution in [0.15, 0.2) is 79.1 Å². The number of anilines is 1. The fourth-order valence-corrected chi connectivity index (χ4v) is 6.20. The molecule has 1 aliphatic rings. The molecule has 0 bridgehead atoms. The highest BCUT2D eigenvalue weighted by atomic mass is 35.5. The van der Waals surface area contributed by atoms with E-state index < -0.39 is 11.3 Å². The number of hydrogen-bond acceptors (Lipinski definition) is 5. The smallest absolute Gasteiger partial charge is 0.243 e. The van der Waals surface area contributed by atoms with Gasteiger partial charge in [0.05, 0.1) is 28.9 Å². The third kappa shape index (κ3) is 4.89. The first-order chi connectivity index (χ1) is 18.9. The summed E-state index contributed by atoms with van der Waals surface area (Å²) in [5, 5.41) is 13.7. The molecule has 0 N–H and O–H groups in total. The van der Waals surface area contributed by atoms with Crippen LogP contribution in [0.4, 0.5) is 5.69 Å². The molecular formula is C31H28Cl2N4O2. The van der Waals surface area contributed by atoms with Crippen molar-refractivity contribution < 1.29 is 9.53 Å². The summed E-state index contributed by atoms with van der Waals surface area (Å²) in [5.74, 6) is -0.156. The van der Waals surface area contributed by atoms with E-state index in [1.54, 1.807) is 31.3 Å². The van der Waals surface area contributed by atoms with Crippen LogP contribution < -0.4 is 9.64 Å². The minimum Gasteiger partial charge on any atom is -0.496 e. The minimum atomic E-state index is -1.41. The van der Waals surface area contributed by atoms with Gasteiger partial charge in [-0.15, -0.1) is 0 Å². The van der Waals surface area contributed by atoms with Crippen LogP contribution in [-0.2, 0) is 4.79 Å². The van der Waals surface area contributed by atoms with Gasteiger partial charge in [-0.3, -0.25) is 9.78 Å². The van der Waals surface area contributed by atoms with Crippen molar-refractivity contribution in [3.63, 3.8) is 0 Å². The molecule has 1 aromatic heterocycles. The van der Waals surface area contributed by atoms with Gasteiger partial charge in [0.2, 0.25) is 5.91 Å². The molecule has 0 saturated carbocycles. The van der Waals surface area contributed by atoms with Gasteiger partial charge in [0, 0.05) is 50.1 Å². The second-order valence-electron chi connectivity index (χ2n) is 9.79. The molecule has 1 amide bonds. The van der Waals surface area contributed by atoms with Gasteiger partial charge >= 0.3 is 0 Å². The Kier molecular flexibility index (Phi) is 7.65. The Morgan fingerprint density at radius 3 is 2.26 bits per heavy atom. The van der Waals surface area contributed by atoms with Crippen molar-refractivity contribution in [2.75, 3.05) is 38.2 Å². The number of para-hydroxylation sites is 1. The fourth-order valence-electron chi connectivity index (χ4n) is 5.60. The molecule has 2 heterocycles. The number of nitrogens with zero attached hydrogens (tertiary/aromatic N) is 4. The van der Waals surface area contributed by atoms with Crippen LogP contribution in [0, 0.1) is 16.7 Å². The molecule has 5 rings (SSSR count). The van der Waals surface area contributed by atoms with Crippen LogP contribution in [0.3, 0.4) is 0 Å². The Morgan fingerprint density at radius 1 is 0.949 bits per heavy atom. The first-order valence-corrected chi connectivity index (χ1v) is 13.5. The summed E-state index contributed by atoms with van der Waals surface area (Å²) in [6, 6.07) is 24.1. The topological polar surface area (TPSA) is 69.5 Å². The predicted molar refractivity (Wildman–Crippen MR) is 156 cm³/mol. The average molecular weight is 559 g/mol. The fraction of sp³-hybridized carbons (Fsp3) is 0.258. The Balaban J connectivity index is 1.55.